The molecule has 2 aromatic rings. The molecule has 1 fully saturated rings. The van der Waals surface area contributed by atoms with Crippen LogP contribution in [0.1, 0.15) is 37.4 Å². The molecule has 1 aliphatic rings. The smallest absolute Gasteiger partial charge is 0.266 e. The van der Waals surface area contributed by atoms with E-state index in [-0.39, 0.29) is 11.6 Å². The zero-order valence-electron chi connectivity index (χ0n) is 12.2. The Hall–Kier alpha value is -2.17. The molecule has 110 valence electrons. The summed E-state index contributed by atoms with van der Waals surface area (Å²) in [5, 5.41) is 7.76. The number of aryl methyl sites for hydroxylation is 1. The standard InChI is InChI=1S/C16H20N4O/c1-12-11-14(8-10-17-12)19-13-4-6-15(7-5-13)20-16(21)3-2-9-18-20/h2-3,8-11,13,15H,4-7H2,1H3,(H,17,19). The summed E-state index contributed by atoms with van der Waals surface area (Å²) < 4.78 is 1.63. The first-order valence-corrected chi connectivity index (χ1v) is 7.45. The van der Waals surface area contributed by atoms with Gasteiger partial charge in [-0.3, -0.25) is 9.78 Å². The Balaban J connectivity index is 1.61. The second-order valence-corrected chi connectivity index (χ2v) is 5.64. The van der Waals surface area contributed by atoms with E-state index in [9.17, 15) is 4.79 Å². The van der Waals surface area contributed by atoms with Gasteiger partial charge in [-0.05, 0) is 50.8 Å². The third kappa shape index (κ3) is 3.29. The molecular weight excluding hydrogens is 264 g/mol. The predicted octanol–water partition coefficient (Wildman–Crippen LogP) is 2.54. The van der Waals surface area contributed by atoms with Gasteiger partial charge in [0.15, 0.2) is 0 Å². The van der Waals surface area contributed by atoms with Crippen molar-refractivity contribution in [2.75, 3.05) is 5.32 Å². The highest BCUT2D eigenvalue weighted by atomic mass is 16.1. The summed E-state index contributed by atoms with van der Waals surface area (Å²) in [6.07, 6.45) is 7.59. The summed E-state index contributed by atoms with van der Waals surface area (Å²) >= 11 is 0. The van der Waals surface area contributed by atoms with E-state index in [4.69, 9.17) is 0 Å². The molecule has 0 saturated heterocycles. The molecule has 21 heavy (non-hydrogen) atoms. The third-order valence-electron chi connectivity index (χ3n) is 4.05. The van der Waals surface area contributed by atoms with Crippen molar-refractivity contribution in [2.45, 2.75) is 44.7 Å². The van der Waals surface area contributed by atoms with Crippen LogP contribution in [0.5, 0.6) is 0 Å². The van der Waals surface area contributed by atoms with Crippen LogP contribution in [0.15, 0.2) is 41.5 Å². The van der Waals surface area contributed by atoms with E-state index >= 15 is 0 Å². The normalized spacial score (nSPS) is 22.0. The third-order valence-corrected chi connectivity index (χ3v) is 4.05. The molecule has 0 bridgehead atoms. The van der Waals surface area contributed by atoms with Gasteiger partial charge in [-0.2, -0.15) is 5.10 Å². The molecule has 2 heterocycles. The second-order valence-electron chi connectivity index (χ2n) is 5.64. The summed E-state index contributed by atoms with van der Waals surface area (Å²) in [6, 6.07) is 8.03. The molecule has 0 radical (unpaired) electrons. The Kier molecular flexibility index (Phi) is 3.99. The Morgan fingerprint density at radius 2 is 2.00 bits per heavy atom. The molecule has 5 heteroatoms. The first-order chi connectivity index (χ1) is 10.2. The van der Waals surface area contributed by atoms with Crippen molar-refractivity contribution < 1.29 is 0 Å². The molecule has 3 rings (SSSR count). The Morgan fingerprint density at radius 3 is 2.71 bits per heavy atom. The van der Waals surface area contributed by atoms with Crippen LogP contribution < -0.4 is 10.9 Å². The van der Waals surface area contributed by atoms with E-state index in [1.54, 1.807) is 23.0 Å². The van der Waals surface area contributed by atoms with E-state index < -0.39 is 0 Å². The minimum absolute atomic E-state index is 0.00123. The van der Waals surface area contributed by atoms with Gasteiger partial charge in [-0.1, -0.05) is 0 Å². The molecule has 0 atom stereocenters. The number of hydrogen-bond acceptors (Lipinski definition) is 4. The molecule has 0 aliphatic heterocycles. The average Bonchev–Trinajstić information content (AvgIpc) is 2.49. The molecule has 5 nitrogen and oxygen atoms in total. The molecule has 1 saturated carbocycles. The van der Waals surface area contributed by atoms with Gasteiger partial charge in [0.2, 0.25) is 0 Å². The highest BCUT2D eigenvalue weighted by molar-refractivity contribution is 5.43. The quantitative estimate of drug-likeness (QED) is 0.941. The zero-order valence-corrected chi connectivity index (χ0v) is 12.2. The first-order valence-electron chi connectivity index (χ1n) is 7.45. The lowest BCUT2D eigenvalue weighted by Gasteiger charge is -2.30. The number of nitrogens with one attached hydrogen (secondary N) is 1. The maximum absolute atomic E-state index is 11.8. The fourth-order valence-corrected chi connectivity index (χ4v) is 2.98. The van der Waals surface area contributed by atoms with Crippen LogP contribution in [0, 0.1) is 6.92 Å². The van der Waals surface area contributed by atoms with Gasteiger partial charge < -0.3 is 5.32 Å². The van der Waals surface area contributed by atoms with Crippen LogP contribution in [0.4, 0.5) is 5.69 Å². The number of pyridine rings is 1. The number of rotatable bonds is 3. The predicted molar refractivity (Wildman–Crippen MR) is 82.4 cm³/mol. The average molecular weight is 284 g/mol. The van der Waals surface area contributed by atoms with E-state index in [1.165, 1.54) is 0 Å². The van der Waals surface area contributed by atoms with Gasteiger partial charge in [0.05, 0.1) is 6.04 Å². The topological polar surface area (TPSA) is 59.8 Å². The summed E-state index contributed by atoms with van der Waals surface area (Å²) in [4.78, 5) is 16.0. The minimum Gasteiger partial charge on any atom is -0.382 e. The first kappa shape index (κ1) is 13.8. The maximum atomic E-state index is 11.8. The molecular formula is C16H20N4O. The van der Waals surface area contributed by atoms with Crippen molar-refractivity contribution in [3.63, 3.8) is 0 Å². The summed E-state index contributed by atoms with van der Waals surface area (Å²) in [7, 11) is 0. The van der Waals surface area contributed by atoms with Crippen molar-refractivity contribution in [3.05, 3.63) is 52.7 Å². The Labute approximate surface area is 124 Å². The molecule has 0 amide bonds. The van der Waals surface area contributed by atoms with Crippen LogP contribution in [0.2, 0.25) is 0 Å². The van der Waals surface area contributed by atoms with Crippen molar-refractivity contribution in [3.8, 4) is 0 Å². The molecule has 2 aromatic heterocycles. The summed E-state index contributed by atoms with van der Waals surface area (Å²) in [5.74, 6) is 0. The van der Waals surface area contributed by atoms with Gasteiger partial charge in [0.1, 0.15) is 0 Å². The number of aromatic nitrogens is 3. The highest BCUT2D eigenvalue weighted by Gasteiger charge is 2.23. The van der Waals surface area contributed by atoms with Gasteiger partial charge >= 0.3 is 0 Å². The lowest BCUT2D eigenvalue weighted by atomic mass is 9.91. The summed E-state index contributed by atoms with van der Waals surface area (Å²) in [5.41, 5.74) is 2.15. The van der Waals surface area contributed by atoms with Crippen molar-refractivity contribution in [1.82, 2.24) is 14.8 Å². The maximum Gasteiger partial charge on any atom is 0.266 e. The van der Waals surface area contributed by atoms with Crippen LogP contribution in [0.3, 0.4) is 0 Å². The minimum atomic E-state index is -0.00123. The SMILES string of the molecule is Cc1cc(NC2CCC(n3ncccc3=O)CC2)ccn1. The van der Waals surface area contributed by atoms with Crippen LogP contribution in [-0.2, 0) is 0 Å². The molecule has 1 N–H and O–H groups in total. The fourth-order valence-electron chi connectivity index (χ4n) is 2.98. The van der Waals surface area contributed by atoms with Crippen LogP contribution >= 0.6 is 0 Å². The van der Waals surface area contributed by atoms with Gasteiger partial charge in [-0.15, -0.1) is 0 Å². The van der Waals surface area contributed by atoms with Crippen molar-refractivity contribution >= 4 is 5.69 Å². The Morgan fingerprint density at radius 1 is 1.19 bits per heavy atom. The Bertz CT molecular complexity index is 659. The van der Waals surface area contributed by atoms with Gasteiger partial charge in [0, 0.05) is 35.9 Å². The fraction of sp³-hybridized carbons (Fsp3) is 0.438. The van der Waals surface area contributed by atoms with Crippen LogP contribution in [-0.4, -0.2) is 20.8 Å². The van der Waals surface area contributed by atoms with E-state index in [0.29, 0.717) is 6.04 Å². The van der Waals surface area contributed by atoms with Crippen molar-refractivity contribution in [2.24, 2.45) is 0 Å². The molecule has 0 aromatic carbocycles. The molecule has 1 aliphatic carbocycles. The van der Waals surface area contributed by atoms with E-state index in [0.717, 1.165) is 37.1 Å². The molecule has 0 unspecified atom stereocenters. The van der Waals surface area contributed by atoms with Crippen molar-refractivity contribution in [1.29, 1.82) is 0 Å². The van der Waals surface area contributed by atoms with Gasteiger partial charge in [0.25, 0.3) is 5.56 Å². The molecule has 0 spiro atoms. The highest BCUT2D eigenvalue weighted by Crippen LogP contribution is 2.28. The van der Waals surface area contributed by atoms with Crippen LogP contribution in [0.25, 0.3) is 0 Å². The number of nitrogens with zero attached hydrogens (tertiary/aromatic N) is 3. The number of anilines is 1. The second kappa shape index (κ2) is 6.08. The summed E-state index contributed by atoms with van der Waals surface area (Å²) in [6.45, 7) is 2.00. The zero-order chi connectivity index (χ0) is 14.7. The van der Waals surface area contributed by atoms with E-state index in [2.05, 4.69) is 21.5 Å². The monoisotopic (exact) mass is 284 g/mol. The number of hydrogen-bond donors (Lipinski definition) is 1. The lowest BCUT2D eigenvalue weighted by molar-refractivity contribution is 0.304. The van der Waals surface area contributed by atoms with Gasteiger partial charge in [-0.25, -0.2) is 4.68 Å². The van der Waals surface area contributed by atoms with E-state index in [1.807, 2.05) is 19.2 Å². The lowest BCUT2D eigenvalue weighted by Crippen LogP contribution is -2.32. The largest absolute Gasteiger partial charge is 0.382 e.